The second kappa shape index (κ2) is 13.1. The molecular formula is C32H32N8O2. The van der Waals surface area contributed by atoms with Gasteiger partial charge in [0.25, 0.3) is 11.5 Å². The van der Waals surface area contributed by atoms with E-state index in [-0.39, 0.29) is 16.9 Å². The van der Waals surface area contributed by atoms with Crippen molar-refractivity contribution in [1.82, 2.24) is 28.7 Å². The number of hydrogen-bond acceptors (Lipinski definition) is 6. The molecule has 0 aliphatic carbocycles. The minimum absolute atomic E-state index is 0.0403. The van der Waals surface area contributed by atoms with Crippen LogP contribution in [0.25, 0.3) is 22.1 Å². The first kappa shape index (κ1) is 29.3. The molecule has 0 aliphatic heterocycles. The smallest absolute Gasteiger partial charge is 0.264 e. The van der Waals surface area contributed by atoms with Gasteiger partial charge < -0.3 is 16.0 Å². The molecule has 2 aromatic carbocycles. The summed E-state index contributed by atoms with van der Waals surface area (Å²) >= 11 is 0. The van der Waals surface area contributed by atoms with E-state index in [9.17, 15) is 9.59 Å². The molecule has 4 N–H and O–H groups in total. The molecule has 6 rings (SSSR count). The van der Waals surface area contributed by atoms with Crippen molar-refractivity contribution in [2.75, 3.05) is 5.73 Å². The number of hydrogen-bond donors (Lipinski definition) is 2. The number of nitrogens with two attached hydrogens (primary N) is 2. The first-order valence-corrected chi connectivity index (χ1v) is 13.5. The molecule has 0 atom stereocenters. The number of pyridine rings is 1. The first-order valence-electron chi connectivity index (χ1n) is 13.5. The van der Waals surface area contributed by atoms with Gasteiger partial charge in [0.1, 0.15) is 11.3 Å². The summed E-state index contributed by atoms with van der Waals surface area (Å²) < 4.78 is 5.05. The fraction of sp³-hybridized carbons (Fsp3) is 0.156. The van der Waals surface area contributed by atoms with Crippen molar-refractivity contribution in [2.45, 2.75) is 27.2 Å². The van der Waals surface area contributed by atoms with Gasteiger partial charge in [-0.25, -0.2) is 14.5 Å². The van der Waals surface area contributed by atoms with E-state index in [2.05, 4.69) is 39.9 Å². The van der Waals surface area contributed by atoms with Crippen molar-refractivity contribution in [2.24, 2.45) is 12.8 Å². The molecule has 0 aliphatic rings. The van der Waals surface area contributed by atoms with Crippen molar-refractivity contribution in [1.29, 1.82) is 0 Å². The van der Waals surface area contributed by atoms with Crippen molar-refractivity contribution in [3.63, 3.8) is 0 Å². The lowest BCUT2D eigenvalue weighted by Crippen LogP contribution is -2.22. The monoisotopic (exact) mass is 560 g/mol. The van der Waals surface area contributed by atoms with Crippen LogP contribution in [-0.2, 0) is 13.5 Å². The van der Waals surface area contributed by atoms with Gasteiger partial charge in [0.2, 0.25) is 0 Å². The number of amides is 1. The van der Waals surface area contributed by atoms with Crippen LogP contribution in [0.3, 0.4) is 0 Å². The summed E-state index contributed by atoms with van der Waals surface area (Å²) in [6, 6.07) is 19.3. The van der Waals surface area contributed by atoms with E-state index in [0.717, 1.165) is 28.8 Å². The normalized spacial score (nSPS) is 10.2. The van der Waals surface area contributed by atoms with Crippen molar-refractivity contribution < 1.29 is 4.79 Å². The van der Waals surface area contributed by atoms with Crippen LogP contribution < -0.4 is 17.0 Å². The van der Waals surface area contributed by atoms with Gasteiger partial charge in [-0.2, -0.15) is 0 Å². The van der Waals surface area contributed by atoms with Gasteiger partial charge in [-0.05, 0) is 48.1 Å². The Hall–Kier alpha value is -5.69. The Bertz CT molecular complexity index is 1970. The van der Waals surface area contributed by atoms with Crippen molar-refractivity contribution in [3.8, 4) is 17.5 Å². The van der Waals surface area contributed by atoms with E-state index < -0.39 is 5.91 Å². The third-order valence-corrected chi connectivity index (χ3v) is 6.20. The first-order chi connectivity index (χ1) is 20.4. The maximum atomic E-state index is 13.4. The standard InChI is InChI=1S/C23H19N3O.C7H7N5O.C2H6/c1-3-20-14-18-9-7-8-17(12-13-19-15-25(2)16-24-19)22(18)23(27)26(20)21-10-5-4-6-11-21;8-5-4(6(9)13)7-10-2-1-3-12(7)11-5;1-2/h4-11,14-16H,3H2,1-2H3;1-3H,(H2,8,11)(H2,9,13);1-2H3. The van der Waals surface area contributed by atoms with Crippen molar-refractivity contribution >= 4 is 28.1 Å². The summed E-state index contributed by atoms with van der Waals surface area (Å²) in [5.41, 5.74) is 14.4. The molecular weight excluding hydrogens is 528 g/mol. The zero-order valence-electron chi connectivity index (χ0n) is 23.9. The number of anilines is 1. The van der Waals surface area contributed by atoms with Gasteiger partial charge in [-0.1, -0.05) is 57.0 Å². The molecule has 0 spiro atoms. The number of para-hydroxylation sites is 1. The van der Waals surface area contributed by atoms with E-state index in [1.165, 1.54) is 4.52 Å². The molecule has 212 valence electrons. The Morgan fingerprint density at radius 2 is 1.76 bits per heavy atom. The highest BCUT2D eigenvalue weighted by Gasteiger charge is 2.15. The molecule has 6 aromatic rings. The summed E-state index contributed by atoms with van der Waals surface area (Å²) in [6.45, 7) is 6.06. The van der Waals surface area contributed by atoms with Gasteiger partial charge in [-0.15, -0.1) is 5.10 Å². The number of carbonyl (C=O) groups excluding carboxylic acids is 1. The molecule has 42 heavy (non-hydrogen) atoms. The predicted octanol–water partition coefficient (Wildman–Crippen LogP) is 4.12. The zero-order chi connectivity index (χ0) is 30.2. The lowest BCUT2D eigenvalue weighted by Gasteiger charge is -2.14. The lowest BCUT2D eigenvalue weighted by molar-refractivity contribution is 0.100. The van der Waals surface area contributed by atoms with Crippen LogP contribution in [0.2, 0.25) is 0 Å². The molecule has 0 fully saturated rings. The van der Waals surface area contributed by atoms with Gasteiger partial charge in [0.05, 0.1) is 11.7 Å². The zero-order valence-corrected chi connectivity index (χ0v) is 23.9. The topological polar surface area (TPSA) is 139 Å². The molecule has 0 unspecified atom stereocenters. The maximum absolute atomic E-state index is 13.4. The number of aromatic nitrogens is 6. The highest BCUT2D eigenvalue weighted by Crippen LogP contribution is 2.19. The van der Waals surface area contributed by atoms with E-state index in [4.69, 9.17) is 11.5 Å². The second-order valence-corrected chi connectivity index (χ2v) is 8.92. The van der Waals surface area contributed by atoms with E-state index in [1.54, 1.807) is 29.4 Å². The van der Waals surface area contributed by atoms with Gasteiger partial charge in [0, 0.05) is 42.6 Å². The number of benzene rings is 2. The number of primary amides is 1. The number of imidazole rings is 1. The number of carbonyl (C=O) groups is 1. The molecule has 0 saturated heterocycles. The molecule has 0 saturated carbocycles. The van der Waals surface area contributed by atoms with Crippen LogP contribution in [-0.4, -0.2) is 34.6 Å². The molecule has 10 heteroatoms. The van der Waals surface area contributed by atoms with Gasteiger partial charge >= 0.3 is 0 Å². The maximum Gasteiger partial charge on any atom is 0.264 e. The SMILES string of the molecule is CC.CCc1cc2cccc(C#Cc3cn(C)cn3)c2c(=O)n1-c1ccccc1.NC(=O)c1c(N)nn2cccnc12. The van der Waals surface area contributed by atoms with Crippen LogP contribution in [0, 0.1) is 11.8 Å². The van der Waals surface area contributed by atoms with E-state index >= 15 is 0 Å². The third kappa shape index (κ3) is 6.05. The average Bonchev–Trinajstić information content (AvgIpc) is 3.59. The number of fused-ring (bicyclic) bond motifs is 2. The Morgan fingerprint density at radius 1 is 1.00 bits per heavy atom. The largest absolute Gasteiger partial charge is 0.381 e. The summed E-state index contributed by atoms with van der Waals surface area (Å²) in [7, 11) is 1.90. The second-order valence-electron chi connectivity index (χ2n) is 8.92. The predicted molar refractivity (Wildman–Crippen MR) is 165 cm³/mol. The minimum Gasteiger partial charge on any atom is -0.381 e. The fourth-order valence-electron chi connectivity index (χ4n) is 4.39. The number of nitrogen functional groups attached to an aromatic ring is 1. The molecule has 4 heterocycles. The quantitative estimate of drug-likeness (QED) is 0.312. The van der Waals surface area contributed by atoms with Crippen LogP contribution >= 0.6 is 0 Å². The summed E-state index contributed by atoms with van der Waals surface area (Å²) in [5.74, 6) is 5.68. The molecule has 4 aromatic heterocycles. The Labute approximate surface area is 243 Å². The highest BCUT2D eigenvalue weighted by atomic mass is 16.1. The Balaban J connectivity index is 0.000000226. The van der Waals surface area contributed by atoms with Crippen LogP contribution in [0.5, 0.6) is 0 Å². The summed E-state index contributed by atoms with van der Waals surface area (Å²) in [6.07, 6.45) is 7.52. The van der Waals surface area contributed by atoms with Gasteiger partial charge in [0.15, 0.2) is 11.5 Å². The third-order valence-electron chi connectivity index (χ3n) is 6.20. The lowest BCUT2D eigenvalue weighted by atomic mass is 10.0. The van der Waals surface area contributed by atoms with Gasteiger partial charge in [-0.3, -0.25) is 14.2 Å². The van der Waals surface area contributed by atoms with Crippen molar-refractivity contribution in [3.05, 3.63) is 118 Å². The molecule has 0 radical (unpaired) electrons. The summed E-state index contributed by atoms with van der Waals surface area (Å²) in [4.78, 5) is 32.5. The minimum atomic E-state index is -0.619. The average molecular weight is 561 g/mol. The number of nitrogens with zero attached hydrogens (tertiary/aromatic N) is 6. The number of rotatable bonds is 3. The van der Waals surface area contributed by atoms with Crippen LogP contribution in [0.15, 0.2) is 90.4 Å². The highest BCUT2D eigenvalue weighted by molar-refractivity contribution is 6.03. The van der Waals surface area contributed by atoms with E-state index in [0.29, 0.717) is 16.7 Å². The molecule has 10 nitrogen and oxygen atoms in total. The fourth-order valence-corrected chi connectivity index (χ4v) is 4.39. The Kier molecular flexibility index (Phi) is 9.14. The van der Waals surface area contributed by atoms with Crippen LogP contribution in [0.1, 0.15) is 48.1 Å². The van der Waals surface area contributed by atoms with Crippen LogP contribution in [0.4, 0.5) is 5.82 Å². The summed E-state index contributed by atoms with van der Waals surface area (Å²) in [5, 5.41) is 5.42. The number of aryl methyl sites for hydroxylation is 2. The van der Waals surface area contributed by atoms with E-state index in [1.807, 2.05) is 80.2 Å². The molecule has 0 bridgehead atoms. The Morgan fingerprint density at radius 3 is 2.43 bits per heavy atom. The molecule has 1 amide bonds.